The fourth-order valence-corrected chi connectivity index (χ4v) is 5.83. The maximum atomic E-state index is 14.6. The van der Waals surface area contributed by atoms with Crippen molar-refractivity contribution in [2.75, 3.05) is 0 Å². The van der Waals surface area contributed by atoms with Crippen molar-refractivity contribution in [3.05, 3.63) is 78.1 Å². The number of pyridine rings is 1. The Morgan fingerprint density at radius 2 is 1.87 bits per heavy atom. The van der Waals surface area contributed by atoms with E-state index in [1.54, 1.807) is 23.2 Å². The molecule has 9 heteroatoms. The van der Waals surface area contributed by atoms with E-state index >= 15 is 0 Å². The maximum Gasteiger partial charge on any atom is 0.137 e. The van der Waals surface area contributed by atoms with Gasteiger partial charge in [0.05, 0.1) is 6.54 Å². The molecule has 2 aromatic heterocycles. The van der Waals surface area contributed by atoms with Crippen molar-refractivity contribution in [3.8, 4) is 0 Å². The van der Waals surface area contributed by atoms with Gasteiger partial charge in [0.25, 0.3) is 0 Å². The summed E-state index contributed by atoms with van der Waals surface area (Å²) in [6, 6.07) is 7.26. The molecule has 160 valence electrons. The van der Waals surface area contributed by atoms with Gasteiger partial charge in [-0.15, -0.1) is 0 Å². The molecule has 2 heterocycles. The molecule has 0 aliphatic rings. The summed E-state index contributed by atoms with van der Waals surface area (Å²) in [7, 11) is 3.13. The Bertz CT molecular complexity index is 930. The first kappa shape index (κ1) is 22.7. The van der Waals surface area contributed by atoms with Crippen LogP contribution < -0.4 is 0 Å². The van der Waals surface area contributed by atoms with E-state index in [0.717, 1.165) is 25.0 Å². The lowest BCUT2D eigenvalue weighted by atomic mass is 9.90. The molecule has 0 aliphatic carbocycles. The molecule has 30 heavy (non-hydrogen) atoms. The maximum absolute atomic E-state index is 14.6. The molecular weight excluding hydrogens is 426 g/mol. The van der Waals surface area contributed by atoms with E-state index in [1.807, 2.05) is 19.1 Å². The van der Waals surface area contributed by atoms with E-state index in [4.69, 9.17) is 0 Å². The molecule has 1 aromatic carbocycles. The first-order valence-corrected chi connectivity index (χ1v) is 11.9. The number of nitrogens with zero attached hydrogens (tertiary/aromatic N) is 4. The number of halogens is 2. The van der Waals surface area contributed by atoms with Gasteiger partial charge in [-0.05, 0) is 43.5 Å². The van der Waals surface area contributed by atoms with Gasteiger partial charge in [0.15, 0.2) is 0 Å². The van der Waals surface area contributed by atoms with Crippen LogP contribution in [0.5, 0.6) is 0 Å². The van der Waals surface area contributed by atoms with Crippen LogP contribution in [0.1, 0.15) is 31.4 Å². The number of aromatic nitrogens is 4. The molecule has 3 aromatic rings. The summed E-state index contributed by atoms with van der Waals surface area (Å²) in [4.78, 5) is 7.92. The van der Waals surface area contributed by atoms with Crippen LogP contribution in [-0.2, 0) is 18.6 Å². The third-order valence-corrected chi connectivity index (χ3v) is 8.43. The van der Waals surface area contributed by atoms with Crippen LogP contribution in [0.15, 0.2) is 55.4 Å². The van der Waals surface area contributed by atoms with Crippen LogP contribution in [-0.4, -0.2) is 35.4 Å². The second kappa shape index (κ2) is 10.4. The Hall–Kier alpha value is -1.97. The molecule has 3 atom stereocenters. The Kier molecular flexibility index (Phi) is 7.85. The SMILES string of the molecule is C[C@@H](CCc1ccncc1)SS[C@H](C)[C@](O)(Cn1cncn1)c1ccc(F)cc1F. The number of rotatable bonds is 10. The second-order valence-corrected chi connectivity index (χ2v) is 10.2. The van der Waals surface area contributed by atoms with Crippen molar-refractivity contribution in [3.63, 3.8) is 0 Å². The summed E-state index contributed by atoms with van der Waals surface area (Å²) in [5.41, 5.74) is -0.315. The van der Waals surface area contributed by atoms with Gasteiger partial charge < -0.3 is 5.11 Å². The van der Waals surface area contributed by atoms with E-state index in [1.165, 1.54) is 39.8 Å². The van der Waals surface area contributed by atoms with Gasteiger partial charge in [-0.25, -0.2) is 18.4 Å². The lowest BCUT2D eigenvalue weighted by Gasteiger charge is -2.34. The van der Waals surface area contributed by atoms with Crippen LogP contribution in [0.2, 0.25) is 0 Å². The minimum absolute atomic E-state index is 0.00960. The van der Waals surface area contributed by atoms with Gasteiger partial charge in [0.1, 0.15) is 29.9 Å². The van der Waals surface area contributed by atoms with Crippen molar-refractivity contribution in [2.45, 2.75) is 49.3 Å². The summed E-state index contributed by atoms with van der Waals surface area (Å²) in [5, 5.41) is 15.5. The van der Waals surface area contributed by atoms with Crippen LogP contribution in [0.25, 0.3) is 0 Å². The molecule has 0 spiro atoms. The second-order valence-electron chi connectivity index (χ2n) is 7.18. The molecule has 0 amide bonds. The number of hydrogen-bond donors (Lipinski definition) is 1. The molecule has 0 aliphatic heterocycles. The molecule has 3 rings (SSSR count). The van der Waals surface area contributed by atoms with Crippen molar-refractivity contribution >= 4 is 21.6 Å². The van der Waals surface area contributed by atoms with Gasteiger partial charge in [0, 0.05) is 34.5 Å². The van der Waals surface area contributed by atoms with E-state index in [0.29, 0.717) is 5.25 Å². The highest BCUT2D eigenvalue weighted by Gasteiger charge is 2.40. The van der Waals surface area contributed by atoms with Crippen LogP contribution in [0.4, 0.5) is 8.78 Å². The summed E-state index contributed by atoms with van der Waals surface area (Å²) in [6.45, 7) is 3.98. The number of aliphatic hydroxyl groups is 1. The molecule has 0 unspecified atom stereocenters. The highest BCUT2D eigenvalue weighted by Crippen LogP contribution is 2.43. The molecule has 0 saturated heterocycles. The van der Waals surface area contributed by atoms with Crippen molar-refractivity contribution < 1.29 is 13.9 Å². The van der Waals surface area contributed by atoms with Gasteiger partial charge in [-0.2, -0.15) is 5.10 Å². The fraction of sp³-hybridized carbons (Fsp3) is 0.381. The summed E-state index contributed by atoms with van der Waals surface area (Å²) >= 11 is 0. The Morgan fingerprint density at radius 3 is 2.53 bits per heavy atom. The Labute approximate surface area is 182 Å². The third-order valence-electron chi connectivity index (χ3n) is 4.89. The van der Waals surface area contributed by atoms with Crippen molar-refractivity contribution in [1.82, 2.24) is 19.7 Å². The smallest absolute Gasteiger partial charge is 0.137 e. The van der Waals surface area contributed by atoms with E-state index in [-0.39, 0.29) is 12.1 Å². The lowest BCUT2D eigenvalue weighted by molar-refractivity contribution is 0.0137. The molecule has 0 fully saturated rings. The Balaban J connectivity index is 1.69. The minimum Gasteiger partial charge on any atom is -0.382 e. The predicted molar refractivity (Wildman–Crippen MR) is 117 cm³/mol. The topological polar surface area (TPSA) is 63.8 Å². The summed E-state index contributed by atoms with van der Waals surface area (Å²) < 4.78 is 29.5. The van der Waals surface area contributed by atoms with Crippen molar-refractivity contribution in [2.24, 2.45) is 0 Å². The number of aryl methyl sites for hydroxylation is 1. The first-order chi connectivity index (χ1) is 14.4. The third kappa shape index (κ3) is 5.80. The summed E-state index contributed by atoms with van der Waals surface area (Å²) in [5.74, 6) is -1.46. The van der Waals surface area contributed by atoms with Crippen LogP contribution >= 0.6 is 21.6 Å². The lowest BCUT2D eigenvalue weighted by Crippen LogP contribution is -2.41. The van der Waals surface area contributed by atoms with Gasteiger partial charge in [0.2, 0.25) is 0 Å². The van der Waals surface area contributed by atoms with Gasteiger partial charge >= 0.3 is 0 Å². The number of hydrogen-bond acceptors (Lipinski definition) is 6. The normalized spacial score (nSPS) is 15.5. The minimum atomic E-state index is -1.59. The van der Waals surface area contributed by atoms with Gasteiger partial charge in [-0.3, -0.25) is 4.98 Å². The zero-order valence-corrected chi connectivity index (χ0v) is 18.4. The largest absolute Gasteiger partial charge is 0.382 e. The molecule has 0 bridgehead atoms. The zero-order valence-electron chi connectivity index (χ0n) is 16.8. The standard InChI is InChI=1S/C21H24F2N4OS2/c1-15(3-4-17-7-9-24-10-8-17)29-30-16(2)21(28,12-27-14-25-13-26-27)19-6-5-18(22)11-20(19)23/h5-11,13-16,28H,3-4,12H2,1-2H3/t15-,16+,21+/m0/s1. The molecule has 0 saturated carbocycles. The highest BCUT2D eigenvalue weighted by atomic mass is 33.1. The quantitative estimate of drug-likeness (QED) is 0.455. The Morgan fingerprint density at radius 1 is 1.10 bits per heavy atom. The van der Waals surface area contributed by atoms with E-state index in [2.05, 4.69) is 22.0 Å². The monoisotopic (exact) mass is 450 g/mol. The number of benzene rings is 1. The van der Waals surface area contributed by atoms with Crippen LogP contribution in [0, 0.1) is 11.6 Å². The van der Waals surface area contributed by atoms with Crippen molar-refractivity contribution in [1.29, 1.82) is 0 Å². The van der Waals surface area contributed by atoms with E-state index in [9.17, 15) is 13.9 Å². The zero-order chi connectivity index (χ0) is 21.6. The first-order valence-electron chi connectivity index (χ1n) is 9.60. The van der Waals surface area contributed by atoms with E-state index < -0.39 is 22.5 Å². The summed E-state index contributed by atoms with van der Waals surface area (Å²) in [6.07, 6.45) is 8.28. The average molecular weight is 451 g/mol. The molecule has 0 radical (unpaired) electrons. The van der Waals surface area contributed by atoms with Gasteiger partial charge in [-0.1, -0.05) is 34.6 Å². The predicted octanol–water partition coefficient (Wildman–Crippen LogP) is 4.63. The molecular formula is C21H24F2N4OS2. The molecule has 1 N–H and O–H groups in total. The average Bonchev–Trinajstić information content (AvgIpc) is 3.23. The fourth-order valence-electron chi connectivity index (χ4n) is 3.06. The van der Waals surface area contributed by atoms with Crippen LogP contribution in [0.3, 0.4) is 0 Å². The molecule has 5 nitrogen and oxygen atoms in total. The highest BCUT2D eigenvalue weighted by molar-refractivity contribution is 8.77.